The van der Waals surface area contributed by atoms with E-state index in [1.807, 2.05) is 0 Å². The first-order valence-corrected chi connectivity index (χ1v) is 0.612. The Bertz CT molecular complexity index is 4.00. The van der Waals surface area contributed by atoms with Gasteiger partial charge in [-0.15, -0.1) is 0 Å². The third-order valence-corrected chi connectivity index (χ3v) is 0. The van der Waals surface area contributed by atoms with Crippen LogP contribution in [0.2, 0.25) is 0 Å². The van der Waals surface area contributed by atoms with Crippen molar-refractivity contribution in [2.45, 2.75) is 0 Å². The summed E-state index contributed by atoms with van der Waals surface area (Å²) in [6.45, 7) is 0. The minimum absolute atomic E-state index is 0. The molecular weight excluding hydrogens is 93.9 g/mol. The van der Waals surface area contributed by atoms with Crippen molar-refractivity contribution < 1.29 is 10.0 Å². The SMILES string of the molecule is O.O=P.P. The molecule has 4 heteroatoms. The first-order chi connectivity index (χ1) is 1.00. The van der Waals surface area contributed by atoms with Gasteiger partial charge in [0.25, 0.3) is 0 Å². The Kier molecular flexibility index (Phi) is 555. The number of rotatable bonds is 0. The predicted molar refractivity (Wildman–Crippen MR) is 23.7 cm³/mol. The Labute approximate surface area is 30.1 Å². The minimum Gasteiger partial charge on any atom is -0.412 e. The molecule has 1 unspecified atom stereocenters. The van der Waals surface area contributed by atoms with Gasteiger partial charge in [-0.1, -0.05) is 0 Å². The zero-order valence-corrected chi connectivity index (χ0v) is 4.53. The van der Waals surface area contributed by atoms with Crippen molar-refractivity contribution in [3.8, 4) is 0 Å². The maximum absolute atomic E-state index is 8.06. The van der Waals surface area contributed by atoms with Gasteiger partial charge in [-0.2, -0.15) is 9.90 Å². The summed E-state index contributed by atoms with van der Waals surface area (Å²) in [5, 5.41) is 0. The van der Waals surface area contributed by atoms with Crippen molar-refractivity contribution in [2.24, 2.45) is 0 Å². The van der Waals surface area contributed by atoms with Crippen molar-refractivity contribution in [1.29, 1.82) is 0 Å². The van der Waals surface area contributed by atoms with Gasteiger partial charge in [0.15, 0.2) is 0 Å². The second kappa shape index (κ2) is 90.1. The average molecular weight is 100.0 g/mol. The van der Waals surface area contributed by atoms with Gasteiger partial charge >= 0.3 is 0 Å². The second-order valence-corrected chi connectivity index (χ2v) is 0. The van der Waals surface area contributed by atoms with Crippen LogP contribution in [0, 0.1) is 0 Å². The number of hydrogen-bond donors (Lipinski definition) is 0. The molecule has 4 heavy (non-hydrogen) atoms. The monoisotopic (exact) mass is 100.0 g/mol. The van der Waals surface area contributed by atoms with Gasteiger partial charge in [-0.25, -0.2) is 0 Å². The van der Waals surface area contributed by atoms with Crippen LogP contribution in [-0.2, 0) is 4.57 Å². The molecule has 0 heterocycles. The van der Waals surface area contributed by atoms with E-state index in [0.29, 0.717) is 0 Å². The van der Waals surface area contributed by atoms with Crippen molar-refractivity contribution in [1.82, 2.24) is 0 Å². The highest BCUT2D eigenvalue weighted by molar-refractivity contribution is 7.00. The van der Waals surface area contributed by atoms with Crippen molar-refractivity contribution in [3.05, 3.63) is 0 Å². The molecular formula is H6O2P2. The van der Waals surface area contributed by atoms with E-state index in [4.69, 9.17) is 4.57 Å². The lowest BCUT2D eigenvalue weighted by Crippen LogP contribution is -0.489. The van der Waals surface area contributed by atoms with Gasteiger partial charge in [0.05, 0.1) is 0 Å². The maximum Gasteiger partial charge on any atom is 0.138 e. The van der Waals surface area contributed by atoms with E-state index in [0.717, 1.165) is 0 Å². The normalized spacial score (nSPS) is 1.00. The van der Waals surface area contributed by atoms with Crippen LogP contribution in [0.25, 0.3) is 0 Å². The molecule has 0 aromatic rings. The van der Waals surface area contributed by atoms with Crippen LogP contribution in [0.3, 0.4) is 0 Å². The van der Waals surface area contributed by atoms with E-state index in [1.165, 1.54) is 0 Å². The number of hydrogen-bond acceptors (Lipinski definition) is 1. The highest BCUT2D eigenvalue weighted by Gasteiger charge is 0.667. The molecule has 0 bridgehead atoms. The van der Waals surface area contributed by atoms with Gasteiger partial charge in [-0.05, 0) is 0 Å². The second-order valence-electron chi connectivity index (χ2n) is 0. The molecule has 0 spiro atoms. The quantitative estimate of drug-likeness (QED) is 0.386. The summed E-state index contributed by atoms with van der Waals surface area (Å²) in [6, 6.07) is 0. The zero-order chi connectivity index (χ0) is 2.00. The van der Waals surface area contributed by atoms with Gasteiger partial charge in [0.1, 0.15) is 9.12 Å². The fraction of sp³-hybridized carbons (Fsp3) is 0. The van der Waals surface area contributed by atoms with Crippen molar-refractivity contribution in [2.75, 3.05) is 0 Å². The standard InChI is InChI=1S/HOP.H2O.H3P/c1-2;;/h2H;1H2;1H3. The van der Waals surface area contributed by atoms with Crippen LogP contribution < -0.4 is 0 Å². The smallest absolute Gasteiger partial charge is 0.138 e. The predicted octanol–water partition coefficient (Wildman–Crippen LogP) is -0.292. The van der Waals surface area contributed by atoms with Gasteiger partial charge in [0, 0.05) is 0 Å². The highest BCUT2D eigenvalue weighted by Crippen LogP contribution is 1.23. The van der Waals surface area contributed by atoms with Gasteiger partial charge in [0.2, 0.25) is 0 Å². The molecule has 0 saturated heterocycles. The van der Waals surface area contributed by atoms with E-state index < -0.39 is 0 Å². The third kappa shape index (κ3) is 23.0. The highest BCUT2D eigenvalue weighted by atomic mass is 31.0. The van der Waals surface area contributed by atoms with Crippen LogP contribution in [-0.4, -0.2) is 5.48 Å². The first-order valence-electron chi connectivity index (χ1n) is 0.204. The molecule has 0 fully saturated rings. The summed E-state index contributed by atoms with van der Waals surface area (Å²) in [4.78, 5) is 0. The summed E-state index contributed by atoms with van der Waals surface area (Å²) in [5.74, 6) is 0. The molecule has 0 radical (unpaired) electrons. The molecule has 0 amide bonds. The van der Waals surface area contributed by atoms with Crippen LogP contribution in [0.1, 0.15) is 0 Å². The Morgan fingerprint density at radius 3 is 1.25 bits per heavy atom. The van der Waals surface area contributed by atoms with E-state index in [9.17, 15) is 0 Å². The summed E-state index contributed by atoms with van der Waals surface area (Å²) in [5.41, 5.74) is 0. The fourth-order valence-corrected chi connectivity index (χ4v) is 0. The zero-order valence-electron chi connectivity index (χ0n) is 2.12. The minimum atomic E-state index is 0. The van der Waals surface area contributed by atoms with Gasteiger partial charge in [-0.3, -0.25) is 4.57 Å². The molecule has 0 rings (SSSR count). The Morgan fingerprint density at radius 2 is 1.25 bits per heavy atom. The summed E-state index contributed by atoms with van der Waals surface area (Å²) < 4.78 is 8.06. The lowest BCUT2D eigenvalue weighted by molar-refractivity contribution is 0.607. The molecule has 0 aliphatic heterocycles. The van der Waals surface area contributed by atoms with E-state index in [-0.39, 0.29) is 15.4 Å². The molecule has 0 aromatic carbocycles. The molecule has 1 atom stereocenters. The molecule has 0 aromatic heterocycles. The first kappa shape index (κ1) is 24.6. The van der Waals surface area contributed by atoms with E-state index >= 15 is 0 Å². The Morgan fingerprint density at radius 1 is 1.25 bits per heavy atom. The van der Waals surface area contributed by atoms with Crippen molar-refractivity contribution in [3.63, 3.8) is 0 Å². The molecule has 0 aliphatic rings. The molecule has 2 nitrogen and oxygen atoms in total. The Balaban J connectivity index is -0.00000000500. The maximum atomic E-state index is 8.06. The van der Waals surface area contributed by atoms with Crippen LogP contribution in [0.4, 0.5) is 0 Å². The summed E-state index contributed by atoms with van der Waals surface area (Å²) in [7, 11) is 1.72. The van der Waals surface area contributed by atoms with E-state index in [1.54, 1.807) is 9.12 Å². The van der Waals surface area contributed by atoms with Crippen molar-refractivity contribution >= 4 is 19.0 Å². The van der Waals surface area contributed by atoms with Crippen LogP contribution in [0.5, 0.6) is 0 Å². The van der Waals surface area contributed by atoms with Gasteiger partial charge < -0.3 is 5.48 Å². The lowest BCUT2D eigenvalue weighted by Gasteiger charge is -0.807. The van der Waals surface area contributed by atoms with Crippen LogP contribution >= 0.6 is 19.0 Å². The lowest BCUT2D eigenvalue weighted by atomic mass is 16.0. The van der Waals surface area contributed by atoms with E-state index in [2.05, 4.69) is 0 Å². The average Bonchev–Trinajstić information content (AvgIpc) is 1.00. The Hall–Kier alpha value is 0.490. The molecule has 2 N–H and O–H groups in total. The third-order valence-electron chi connectivity index (χ3n) is 0. The molecule has 28 valence electrons. The molecule has 0 aliphatic carbocycles. The fourth-order valence-electron chi connectivity index (χ4n) is 0. The largest absolute Gasteiger partial charge is 0.412 e. The van der Waals surface area contributed by atoms with Crippen LogP contribution in [0.15, 0.2) is 0 Å². The summed E-state index contributed by atoms with van der Waals surface area (Å²) in [6.07, 6.45) is 0. The molecule has 0 saturated carbocycles. The topological polar surface area (TPSA) is 48.6 Å². The summed E-state index contributed by atoms with van der Waals surface area (Å²) >= 11 is 0.